The number of benzene rings is 2. The van der Waals surface area contributed by atoms with E-state index >= 15 is 0 Å². The van der Waals surface area contributed by atoms with Gasteiger partial charge in [-0.3, -0.25) is 10.1 Å². The highest BCUT2D eigenvalue weighted by molar-refractivity contribution is 7.90. The molecule has 0 aliphatic carbocycles. The zero-order chi connectivity index (χ0) is 22.8. The van der Waals surface area contributed by atoms with Gasteiger partial charge in [-0.25, -0.2) is 12.4 Å². The van der Waals surface area contributed by atoms with E-state index in [0.717, 1.165) is 13.1 Å². The molecule has 0 aliphatic rings. The van der Waals surface area contributed by atoms with Gasteiger partial charge in [0, 0.05) is 43.4 Å². The molecule has 0 N–H and O–H groups in total. The number of ether oxygens (including phenoxy) is 1. The Morgan fingerprint density at radius 2 is 1.74 bits per heavy atom. The van der Waals surface area contributed by atoms with Crippen LogP contribution in [0.5, 0.6) is 5.75 Å². The Balaban J connectivity index is 2.09. The molecule has 0 spiro atoms. The highest BCUT2D eigenvalue weighted by atomic mass is 32.2. The quantitative estimate of drug-likeness (QED) is 0.368. The molecule has 10 heteroatoms. The van der Waals surface area contributed by atoms with Crippen LogP contribution in [0.4, 0.5) is 5.69 Å². The minimum absolute atomic E-state index is 0.0794. The zero-order valence-corrected chi connectivity index (χ0v) is 18.8. The van der Waals surface area contributed by atoms with E-state index in [1.54, 1.807) is 18.3 Å². The number of rotatable bonds is 9. The number of non-ortho nitro benzene ring substituents is 1. The molecule has 0 bridgehead atoms. The number of nitro groups is 1. The van der Waals surface area contributed by atoms with Crippen molar-refractivity contribution in [2.45, 2.75) is 11.4 Å². The van der Waals surface area contributed by atoms with Crippen molar-refractivity contribution in [1.82, 2.24) is 13.8 Å². The van der Waals surface area contributed by atoms with Crippen molar-refractivity contribution in [3.63, 3.8) is 0 Å². The Hall–Kier alpha value is -2.95. The largest absolute Gasteiger partial charge is 0.497 e. The number of nitrogens with zero attached hydrogens (tertiary/aromatic N) is 4. The fourth-order valence-electron chi connectivity index (χ4n) is 3.29. The van der Waals surface area contributed by atoms with Crippen LogP contribution >= 0.6 is 0 Å². The average Bonchev–Trinajstić information content (AvgIpc) is 3.10. The lowest BCUT2D eigenvalue weighted by Crippen LogP contribution is -2.28. The summed E-state index contributed by atoms with van der Waals surface area (Å²) in [4.78, 5) is 15.0. The minimum atomic E-state index is -3.90. The molecule has 0 radical (unpaired) electrons. The fourth-order valence-corrected chi connectivity index (χ4v) is 4.69. The van der Waals surface area contributed by atoms with Gasteiger partial charge in [0.05, 0.1) is 22.4 Å². The smallest absolute Gasteiger partial charge is 0.270 e. The number of methoxy groups -OCH3 is 1. The zero-order valence-electron chi connectivity index (χ0n) is 18.0. The van der Waals surface area contributed by atoms with Crippen LogP contribution in [-0.2, 0) is 16.6 Å². The van der Waals surface area contributed by atoms with Gasteiger partial charge in [0.15, 0.2) is 0 Å². The molecular formula is C21H26N4O5S. The van der Waals surface area contributed by atoms with E-state index in [-0.39, 0.29) is 10.6 Å². The van der Waals surface area contributed by atoms with Crippen molar-refractivity contribution in [3.05, 3.63) is 64.3 Å². The topological polar surface area (TPSA) is 97.9 Å². The Bertz CT molecular complexity index is 1190. The molecule has 0 saturated carbocycles. The van der Waals surface area contributed by atoms with Gasteiger partial charge in [-0.15, -0.1) is 0 Å². The number of fused-ring (bicyclic) bond motifs is 1. The van der Waals surface area contributed by atoms with E-state index in [9.17, 15) is 18.5 Å². The Morgan fingerprint density at radius 1 is 1.06 bits per heavy atom. The first-order valence-electron chi connectivity index (χ1n) is 9.64. The number of aromatic nitrogens is 1. The van der Waals surface area contributed by atoms with Gasteiger partial charge in [0.2, 0.25) is 0 Å². The molecule has 0 fully saturated rings. The molecular weight excluding hydrogens is 420 g/mol. The van der Waals surface area contributed by atoms with Gasteiger partial charge >= 0.3 is 0 Å². The van der Waals surface area contributed by atoms with Crippen LogP contribution in [0.2, 0.25) is 0 Å². The molecule has 1 heterocycles. The molecule has 31 heavy (non-hydrogen) atoms. The molecule has 0 amide bonds. The van der Waals surface area contributed by atoms with Crippen LogP contribution < -0.4 is 4.74 Å². The first kappa shape index (κ1) is 22.7. The van der Waals surface area contributed by atoms with Gasteiger partial charge < -0.3 is 14.5 Å². The van der Waals surface area contributed by atoms with Gasteiger partial charge in [0.1, 0.15) is 5.75 Å². The van der Waals surface area contributed by atoms with Crippen LogP contribution in [0, 0.1) is 10.1 Å². The first-order valence-corrected chi connectivity index (χ1v) is 11.1. The summed E-state index contributed by atoms with van der Waals surface area (Å²) in [5.74, 6) is 0.551. The second kappa shape index (κ2) is 9.04. The molecule has 0 saturated heterocycles. The maximum absolute atomic E-state index is 13.3. The number of hydrogen-bond donors (Lipinski definition) is 0. The summed E-state index contributed by atoms with van der Waals surface area (Å²) in [6, 6.07) is 10.4. The van der Waals surface area contributed by atoms with Gasteiger partial charge in [-0.2, -0.15) is 0 Å². The van der Waals surface area contributed by atoms with Crippen molar-refractivity contribution in [2.75, 3.05) is 41.3 Å². The van der Waals surface area contributed by atoms with Gasteiger partial charge in [-0.1, -0.05) is 0 Å². The highest BCUT2D eigenvalue weighted by Gasteiger charge is 2.23. The summed E-state index contributed by atoms with van der Waals surface area (Å²) in [5, 5.41) is 11.8. The third kappa shape index (κ3) is 4.87. The maximum Gasteiger partial charge on any atom is 0.270 e. The highest BCUT2D eigenvalue weighted by Crippen LogP contribution is 2.30. The Morgan fingerprint density at radius 3 is 2.32 bits per heavy atom. The first-order chi connectivity index (χ1) is 14.6. The molecule has 1 aromatic heterocycles. The van der Waals surface area contributed by atoms with Crippen LogP contribution in [-0.4, -0.2) is 68.5 Å². The molecule has 3 rings (SSSR count). The number of nitro benzene ring substituents is 1. The summed E-state index contributed by atoms with van der Waals surface area (Å²) < 4.78 is 33.0. The number of likely N-dealkylation sites (N-methyl/N-ethyl adjacent to an activating group) is 2. The minimum Gasteiger partial charge on any atom is -0.497 e. The van der Waals surface area contributed by atoms with Crippen molar-refractivity contribution in [3.8, 4) is 5.75 Å². The molecule has 0 unspecified atom stereocenters. The maximum atomic E-state index is 13.3. The average molecular weight is 447 g/mol. The summed E-state index contributed by atoms with van der Waals surface area (Å²) in [7, 11) is 3.49. The Kier molecular flexibility index (Phi) is 6.63. The van der Waals surface area contributed by atoms with E-state index in [1.807, 2.05) is 21.1 Å². The molecule has 9 nitrogen and oxygen atoms in total. The number of hydrogen-bond acceptors (Lipinski definition) is 7. The van der Waals surface area contributed by atoms with Crippen molar-refractivity contribution in [2.24, 2.45) is 0 Å². The van der Waals surface area contributed by atoms with Crippen LogP contribution in [0.25, 0.3) is 10.9 Å². The lowest BCUT2D eigenvalue weighted by atomic mass is 10.1. The molecule has 166 valence electrons. The van der Waals surface area contributed by atoms with Crippen molar-refractivity contribution in [1.29, 1.82) is 0 Å². The van der Waals surface area contributed by atoms with E-state index in [0.29, 0.717) is 28.8 Å². The van der Waals surface area contributed by atoms with Crippen molar-refractivity contribution >= 4 is 26.6 Å². The second-order valence-electron chi connectivity index (χ2n) is 7.63. The van der Waals surface area contributed by atoms with Crippen molar-refractivity contribution < 1.29 is 18.1 Å². The summed E-state index contributed by atoms with van der Waals surface area (Å²) in [5.41, 5.74) is 1.03. The summed E-state index contributed by atoms with van der Waals surface area (Å²) >= 11 is 0. The predicted octanol–water partition coefficient (Wildman–Crippen LogP) is 2.79. The lowest BCUT2D eigenvalue weighted by Gasteiger charge is -2.18. The van der Waals surface area contributed by atoms with E-state index in [1.165, 1.54) is 41.4 Å². The lowest BCUT2D eigenvalue weighted by molar-refractivity contribution is -0.384. The van der Waals surface area contributed by atoms with Crippen LogP contribution in [0.1, 0.15) is 5.56 Å². The predicted molar refractivity (Wildman–Crippen MR) is 119 cm³/mol. The van der Waals surface area contributed by atoms with Crippen LogP contribution in [0.15, 0.2) is 53.6 Å². The van der Waals surface area contributed by atoms with Gasteiger partial charge in [-0.05, 0) is 57.0 Å². The third-order valence-electron chi connectivity index (χ3n) is 5.03. The molecule has 0 atom stereocenters. The molecule has 3 aromatic rings. The van der Waals surface area contributed by atoms with E-state index < -0.39 is 14.9 Å². The Labute approximate surface area is 181 Å². The van der Waals surface area contributed by atoms with E-state index in [2.05, 4.69) is 9.80 Å². The summed E-state index contributed by atoms with van der Waals surface area (Å²) in [6.45, 7) is 2.05. The third-order valence-corrected chi connectivity index (χ3v) is 6.72. The van der Waals surface area contributed by atoms with Gasteiger partial charge in [0.25, 0.3) is 15.7 Å². The monoisotopic (exact) mass is 446 g/mol. The normalized spacial score (nSPS) is 12.1. The second-order valence-corrected chi connectivity index (χ2v) is 9.45. The fraction of sp³-hybridized carbons (Fsp3) is 0.333. The SMILES string of the molecule is COc1ccc(S(=O)(=O)n2cc(CN(C)CCN(C)C)c3cc([N+](=O)[O-])ccc32)cc1. The van der Waals surface area contributed by atoms with Crippen LogP contribution in [0.3, 0.4) is 0 Å². The summed E-state index contributed by atoms with van der Waals surface area (Å²) in [6.07, 6.45) is 1.56. The molecule has 0 aliphatic heterocycles. The molecule has 2 aromatic carbocycles. The van der Waals surface area contributed by atoms with E-state index in [4.69, 9.17) is 4.74 Å². The standard InChI is InChI=1S/C21H26N4O5S/c1-22(2)11-12-23(3)14-16-15-24(21-10-5-17(25(26)27)13-20(16)21)31(28,29)19-8-6-18(30-4)7-9-19/h5-10,13,15H,11-12,14H2,1-4H3.